The number of rotatable bonds is 7. The van der Waals surface area contributed by atoms with Gasteiger partial charge in [0.05, 0.1) is 12.5 Å². The zero-order valence-corrected chi connectivity index (χ0v) is 14.6. The third kappa shape index (κ3) is 6.40. The van der Waals surface area contributed by atoms with Crippen LogP contribution in [0.2, 0.25) is 0 Å². The van der Waals surface area contributed by atoms with Gasteiger partial charge in [-0.1, -0.05) is 24.3 Å². The van der Waals surface area contributed by atoms with Crippen LogP contribution >= 0.6 is 11.3 Å². The first-order chi connectivity index (χ1) is 12.2. The molecule has 0 bridgehead atoms. The lowest BCUT2D eigenvalue weighted by Gasteiger charge is -2.17. The molecule has 0 aliphatic heterocycles. The van der Waals surface area contributed by atoms with Crippen LogP contribution in [0.4, 0.5) is 13.2 Å². The second-order valence-electron chi connectivity index (χ2n) is 5.40. The van der Waals surface area contributed by atoms with Crippen LogP contribution in [-0.2, 0) is 16.1 Å². The van der Waals surface area contributed by atoms with Gasteiger partial charge in [0, 0.05) is 23.9 Å². The third-order valence-electron chi connectivity index (χ3n) is 3.33. The van der Waals surface area contributed by atoms with Crippen molar-refractivity contribution >= 4 is 23.2 Å². The van der Waals surface area contributed by atoms with Crippen LogP contribution < -0.4 is 15.4 Å². The summed E-state index contributed by atoms with van der Waals surface area (Å²) in [5, 5.41) is 7.08. The SMILES string of the molecule is CC(=O)N[C@H](CC(=O)NCc1ccccc1OC(F)(F)F)c1cccs1. The number of nitrogens with one attached hydrogen (secondary N) is 2. The molecule has 26 heavy (non-hydrogen) atoms. The molecule has 5 nitrogen and oxygen atoms in total. The van der Waals surface area contributed by atoms with Crippen LogP contribution in [0.15, 0.2) is 41.8 Å². The van der Waals surface area contributed by atoms with Crippen LogP contribution in [-0.4, -0.2) is 18.2 Å². The van der Waals surface area contributed by atoms with Gasteiger partial charge in [-0.05, 0) is 17.5 Å². The Morgan fingerprint density at radius 3 is 2.54 bits per heavy atom. The summed E-state index contributed by atoms with van der Waals surface area (Å²) >= 11 is 1.40. The molecule has 0 aliphatic carbocycles. The van der Waals surface area contributed by atoms with Crippen molar-refractivity contribution in [3.05, 3.63) is 52.2 Å². The molecule has 0 fully saturated rings. The average Bonchev–Trinajstić information content (AvgIpc) is 3.06. The van der Waals surface area contributed by atoms with E-state index in [-0.39, 0.29) is 30.2 Å². The number of para-hydroxylation sites is 1. The molecule has 0 unspecified atom stereocenters. The van der Waals surface area contributed by atoms with Gasteiger partial charge in [0.15, 0.2) is 0 Å². The number of alkyl halides is 3. The summed E-state index contributed by atoms with van der Waals surface area (Å²) in [6, 6.07) is 8.69. The summed E-state index contributed by atoms with van der Waals surface area (Å²) in [5.41, 5.74) is 0.199. The molecule has 0 saturated heterocycles. The molecule has 9 heteroatoms. The van der Waals surface area contributed by atoms with Crippen LogP contribution in [0.25, 0.3) is 0 Å². The second-order valence-corrected chi connectivity index (χ2v) is 6.38. The number of hydrogen-bond acceptors (Lipinski definition) is 4. The summed E-state index contributed by atoms with van der Waals surface area (Å²) in [7, 11) is 0. The van der Waals surface area contributed by atoms with Crippen molar-refractivity contribution in [1.82, 2.24) is 10.6 Å². The minimum atomic E-state index is -4.81. The molecule has 2 rings (SSSR count). The summed E-state index contributed by atoms with van der Waals surface area (Å²) in [6.07, 6.45) is -4.84. The summed E-state index contributed by atoms with van der Waals surface area (Å²) < 4.78 is 41.2. The molecule has 0 aliphatic rings. The van der Waals surface area contributed by atoms with Gasteiger partial charge in [0.1, 0.15) is 5.75 Å². The Balaban J connectivity index is 1.99. The molecule has 0 radical (unpaired) electrons. The minimum absolute atomic E-state index is 0.0254. The van der Waals surface area contributed by atoms with Crippen molar-refractivity contribution in [1.29, 1.82) is 0 Å². The molecule has 1 atom stereocenters. The van der Waals surface area contributed by atoms with Gasteiger partial charge < -0.3 is 15.4 Å². The van der Waals surface area contributed by atoms with E-state index in [0.717, 1.165) is 4.88 Å². The smallest absolute Gasteiger partial charge is 0.405 e. The number of carbonyl (C=O) groups excluding carboxylic acids is 2. The van der Waals surface area contributed by atoms with Gasteiger partial charge in [0.2, 0.25) is 11.8 Å². The fourth-order valence-electron chi connectivity index (χ4n) is 2.28. The van der Waals surface area contributed by atoms with Crippen LogP contribution in [0, 0.1) is 0 Å². The van der Waals surface area contributed by atoms with Crippen LogP contribution in [0.1, 0.15) is 29.8 Å². The number of thiophene rings is 1. The third-order valence-corrected chi connectivity index (χ3v) is 4.31. The minimum Gasteiger partial charge on any atom is -0.405 e. The quantitative estimate of drug-likeness (QED) is 0.765. The van der Waals surface area contributed by atoms with E-state index in [1.165, 1.54) is 36.5 Å². The highest BCUT2D eigenvalue weighted by molar-refractivity contribution is 7.10. The highest BCUT2D eigenvalue weighted by Gasteiger charge is 2.32. The van der Waals surface area contributed by atoms with Crippen LogP contribution in [0.5, 0.6) is 5.75 Å². The van der Waals surface area contributed by atoms with E-state index in [4.69, 9.17) is 0 Å². The second kappa shape index (κ2) is 8.70. The van der Waals surface area contributed by atoms with E-state index in [9.17, 15) is 22.8 Å². The molecular weight excluding hydrogens is 369 g/mol. The van der Waals surface area contributed by atoms with Crippen molar-refractivity contribution in [2.75, 3.05) is 0 Å². The zero-order chi connectivity index (χ0) is 19.2. The monoisotopic (exact) mass is 386 g/mol. The highest BCUT2D eigenvalue weighted by Crippen LogP contribution is 2.26. The molecule has 1 heterocycles. The average molecular weight is 386 g/mol. The van der Waals surface area contributed by atoms with E-state index < -0.39 is 18.3 Å². The topological polar surface area (TPSA) is 67.4 Å². The molecule has 1 aromatic carbocycles. The van der Waals surface area contributed by atoms with Gasteiger partial charge in [-0.25, -0.2) is 0 Å². The number of ether oxygens (including phenoxy) is 1. The molecule has 1 aromatic heterocycles. The maximum atomic E-state index is 12.4. The van der Waals surface area contributed by atoms with E-state index >= 15 is 0 Å². The molecule has 140 valence electrons. The molecule has 2 aromatic rings. The van der Waals surface area contributed by atoms with Gasteiger partial charge in [-0.15, -0.1) is 24.5 Å². The van der Waals surface area contributed by atoms with Crippen molar-refractivity contribution in [3.63, 3.8) is 0 Å². The van der Waals surface area contributed by atoms with Gasteiger partial charge in [0.25, 0.3) is 0 Å². The first-order valence-electron chi connectivity index (χ1n) is 7.65. The van der Waals surface area contributed by atoms with Crippen molar-refractivity contribution in [3.8, 4) is 5.75 Å². The number of benzene rings is 1. The number of carbonyl (C=O) groups is 2. The molecular formula is C17H17F3N2O3S. The van der Waals surface area contributed by atoms with E-state index in [2.05, 4.69) is 15.4 Å². The van der Waals surface area contributed by atoms with Gasteiger partial charge >= 0.3 is 6.36 Å². The standard InChI is InChI=1S/C17H17F3N2O3S/c1-11(23)22-13(15-7-4-8-26-15)9-16(24)21-10-12-5-2-3-6-14(12)25-17(18,19)20/h2-8,13H,9-10H2,1H3,(H,21,24)(H,22,23)/t13-/m1/s1. The molecule has 2 N–H and O–H groups in total. The van der Waals surface area contributed by atoms with Gasteiger partial charge in [-0.2, -0.15) is 0 Å². The lowest BCUT2D eigenvalue weighted by molar-refractivity contribution is -0.274. The number of hydrogen-bond donors (Lipinski definition) is 2. The Labute approximate surface area is 152 Å². The summed E-state index contributed by atoms with van der Waals surface area (Å²) in [4.78, 5) is 24.3. The summed E-state index contributed by atoms with van der Waals surface area (Å²) in [6.45, 7) is 1.23. The van der Waals surface area contributed by atoms with E-state index in [1.54, 1.807) is 18.2 Å². The Hall–Kier alpha value is -2.55. The maximum absolute atomic E-state index is 12.4. The van der Waals surface area contributed by atoms with Gasteiger partial charge in [-0.3, -0.25) is 9.59 Å². The highest BCUT2D eigenvalue weighted by atomic mass is 32.1. The normalized spacial score (nSPS) is 12.3. The predicted octanol–water partition coefficient (Wildman–Crippen LogP) is 3.53. The Bertz CT molecular complexity index is 748. The molecule has 0 saturated carbocycles. The van der Waals surface area contributed by atoms with E-state index in [1.807, 2.05) is 5.38 Å². The lowest BCUT2D eigenvalue weighted by atomic mass is 10.1. The van der Waals surface area contributed by atoms with Crippen molar-refractivity contribution < 1.29 is 27.5 Å². The Kier molecular flexibility index (Phi) is 6.62. The first-order valence-corrected chi connectivity index (χ1v) is 8.53. The first kappa shape index (κ1) is 19.8. The zero-order valence-electron chi connectivity index (χ0n) is 13.8. The number of halogens is 3. The Morgan fingerprint density at radius 1 is 1.19 bits per heavy atom. The fraction of sp³-hybridized carbons (Fsp3) is 0.294. The molecule has 2 amide bonds. The van der Waals surface area contributed by atoms with Crippen molar-refractivity contribution in [2.24, 2.45) is 0 Å². The van der Waals surface area contributed by atoms with Crippen LogP contribution in [0.3, 0.4) is 0 Å². The van der Waals surface area contributed by atoms with Crippen molar-refractivity contribution in [2.45, 2.75) is 32.3 Å². The van der Waals surface area contributed by atoms with E-state index in [0.29, 0.717) is 0 Å². The Morgan fingerprint density at radius 2 is 1.92 bits per heavy atom. The summed E-state index contributed by atoms with van der Waals surface area (Å²) in [5.74, 6) is -1.05. The predicted molar refractivity (Wildman–Crippen MR) is 90.5 cm³/mol. The number of amides is 2. The maximum Gasteiger partial charge on any atom is 0.573 e. The largest absolute Gasteiger partial charge is 0.573 e. The fourth-order valence-corrected chi connectivity index (χ4v) is 3.06. The molecule has 0 spiro atoms. The lowest BCUT2D eigenvalue weighted by Crippen LogP contribution is -2.32.